The molecule has 0 bridgehead atoms. The lowest BCUT2D eigenvalue weighted by atomic mass is 9.47. The fourth-order valence-electron chi connectivity index (χ4n) is 12.9. The molecular formula is C57H103NO3. The summed E-state index contributed by atoms with van der Waals surface area (Å²) in [5, 5.41) is 0. The Morgan fingerprint density at radius 1 is 0.672 bits per heavy atom. The predicted molar refractivity (Wildman–Crippen MR) is 264 cm³/mol. The van der Waals surface area contributed by atoms with Crippen LogP contribution in [0.2, 0.25) is 0 Å². The highest BCUT2D eigenvalue weighted by Gasteiger charge is 2.59. The summed E-state index contributed by atoms with van der Waals surface area (Å²) in [4.78, 5) is 2.26. The van der Waals surface area contributed by atoms with Crippen LogP contribution in [0.15, 0.2) is 36.0 Å². The van der Waals surface area contributed by atoms with E-state index in [2.05, 4.69) is 90.9 Å². The van der Waals surface area contributed by atoms with E-state index in [1.807, 2.05) is 0 Å². The Morgan fingerprint density at radius 2 is 1.30 bits per heavy atom. The first-order valence-corrected chi connectivity index (χ1v) is 27.0. The van der Waals surface area contributed by atoms with Crippen LogP contribution < -0.4 is 0 Å². The van der Waals surface area contributed by atoms with Crippen molar-refractivity contribution in [2.75, 3.05) is 47.1 Å². The van der Waals surface area contributed by atoms with Crippen molar-refractivity contribution < 1.29 is 14.2 Å². The quantitative estimate of drug-likeness (QED) is 0.0477. The fourth-order valence-corrected chi connectivity index (χ4v) is 12.9. The molecule has 4 aliphatic carbocycles. The minimum absolute atomic E-state index is 0.335. The third-order valence-corrected chi connectivity index (χ3v) is 16.9. The Bertz CT molecular complexity index is 1220. The zero-order chi connectivity index (χ0) is 43.8. The van der Waals surface area contributed by atoms with E-state index in [4.69, 9.17) is 14.2 Å². The van der Waals surface area contributed by atoms with E-state index in [-0.39, 0.29) is 0 Å². The van der Waals surface area contributed by atoms with Gasteiger partial charge in [0, 0.05) is 19.8 Å². The lowest BCUT2D eigenvalue weighted by molar-refractivity contribution is -0.0641. The molecule has 0 unspecified atom stereocenters. The van der Waals surface area contributed by atoms with Gasteiger partial charge in [-0.3, -0.25) is 0 Å². The lowest BCUT2D eigenvalue weighted by Crippen LogP contribution is -2.51. The van der Waals surface area contributed by atoms with Gasteiger partial charge in [-0.25, -0.2) is 0 Å². The molecule has 0 amide bonds. The van der Waals surface area contributed by atoms with Crippen molar-refractivity contribution in [2.45, 2.75) is 233 Å². The number of likely N-dealkylation sites (N-methyl/N-ethyl adjacent to an activating group) is 1. The van der Waals surface area contributed by atoms with Gasteiger partial charge in [0.2, 0.25) is 0 Å². The number of hydrogen-bond donors (Lipinski definition) is 0. The summed E-state index contributed by atoms with van der Waals surface area (Å²) in [5.74, 6) is 5.48. The van der Waals surface area contributed by atoms with Gasteiger partial charge in [0.1, 0.15) is 0 Å². The standard InChI is InChI=1S/C57H103NO3/c1-9-10-11-12-13-14-15-16-17-18-19-20-21-22-24-27-41-59-45-50(58(7)8)46-60-42-28-25-23-26-29-43-61-51-37-39-56(5)49(44-51)33-34-52-54-36-35-53(48(4)32-30-31-47(2)3)57(54,6)40-38-55(52)56/h13-14,16-17,33,47-48,50-55H,9-12,15,18-32,34-46H2,1-8H3/b14-13-,17-16-/t48-,50+,51+,52+,53-,54+,55+,56+,57-/m1/s1. The van der Waals surface area contributed by atoms with Crippen LogP contribution in [0, 0.1) is 46.3 Å². The van der Waals surface area contributed by atoms with Gasteiger partial charge in [0.15, 0.2) is 0 Å². The Kier molecular flexibility index (Phi) is 25.5. The number of allylic oxidation sites excluding steroid dienone is 5. The topological polar surface area (TPSA) is 30.9 Å². The molecule has 4 heteroatoms. The third kappa shape index (κ3) is 17.8. The summed E-state index contributed by atoms with van der Waals surface area (Å²) < 4.78 is 18.8. The maximum absolute atomic E-state index is 6.59. The zero-order valence-electron chi connectivity index (χ0n) is 42.0. The molecule has 0 aromatic rings. The Hall–Kier alpha value is -0.940. The second-order valence-corrected chi connectivity index (χ2v) is 22.1. The molecule has 3 saturated carbocycles. The summed E-state index contributed by atoms with van der Waals surface area (Å²) in [6.07, 6.45) is 49.5. The summed E-state index contributed by atoms with van der Waals surface area (Å²) in [6.45, 7) is 19.3. The van der Waals surface area contributed by atoms with Crippen molar-refractivity contribution in [3.63, 3.8) is 0 Å². The van der Waals surface area contributed by atoms with Gasteiger partial charge in [-0.2, -0.15) is 0 Å². The second-order valence-electron chi connectivity index (χ2n) is 22.1. The van der Waals surface area contributed by atoms with Crippen molar-refractivity contribution in [1.82, 2.24) is 4.90 Å². The van der Waals surface area contributed by atoms with Crippen LogP contribution in [0.4, 0.5) is 0 Å². The van der Waals surface area contributed by atoms with Gasteiger partial charge in [-0.05, 0) is 163 Å². The maximum Gasteiger partial charge on any atom is 0.0644 e. The molecule has 354 valence electrons. The summed E-state index contributed by atoms with van der Waals surface area (Å²) in [5.41, 5.74) is 2.79. The van der Waals surface area contributed by atoms with Crippen LogP contribution in [-0.2, 0) is 14.2 Å². The van der Waals surface area contributed by atoms with E-state index in [9.17, 15) is 0 Å². The molecule has 0 saturated heterocycles. The molecule has 4 aliphatic rings. The first-order valence-electron chi connectivity index (χ1n) is 27.0. The SMILES string of the molecule is CCCCC/C=C\C/C=C\CCCCCCCCOC[C@@H](COCCCCCCCO[C@H]1CC[C@@]2(C)C(=CC[C@H]3[C@@H]4CC[C@H]([C@H](C)CCCC(C)C)[C@@]4(C)CC[C@@H]32)C1)N(C)C. The number of unbranched alkanes of at least 4 members (excludes halogenated alkanes) is 13. The van der Waals surface area contributed by atoms with Crippen LogP contribution in [0.5, 0.6) is 0 Å². The molecule has 4 nitrogen and oxygen atoms in total. The Labute approximate surface area is 380 Å². The number of rotatable bonds is 34. The van der Waals surface area contributed by atoms with Crippen molar-refractivity contribution in [1.29, 1.82) is 0 Å². The largest absolute Gasteiger partial charge is 0.380 e. The van der Waals surface area contributed by atoms with E-state index in [0.717, 1.165) is 81.4 Å². The third-order valence-electron chi connectivity index (χ3n) is 16.9. The number of hydrogen-bond acceptors (Lipinski definition) is 4. The van der Waals surface area contributed by atoms with Gasteiger partial charge < -0.3 is 19.1 Å². The highest BCUT2D eigenvalue weighted by Crippen LogP contribution is 2.67. The normalized spacial score (nSPS) is 28.8. The molecule has 0 radical (unpaired) electrons. The molecule has 0 aromatic carbocycles. The van der Waals surface area contributed by atoms with Gasteiger partial charge in [-0.1, -0.05) is 155 Å². The highest BCUT2D eigenvalue weighted by atomic mass is 16.5. The summed E-state index contributed by atoms with van der Waals surface area (Å²) in [6, 6.07) is 0.335. The van der Waals surface area contributed by atoms with E-state index in [1.54, 1.807) is 5.57 Å². The molecule has 9 atom stereocenters. The van der Waals surface area contributed by atoms with Crippen LogP contribution in [0.1, 0.15) is 221 Å². The number of fused-ring (bicyclic) bond motifs is 5. The molecule has 3 fully saturated rings. The number of ether oxygens (including phenoxy) is 3. The van der Waals surface area contributed by atoms with E-state index < -0.39 is 0 Å². The molecule has 4 rings (SSSR count). The smallest absolute Gasteiger partial charge is 0.0644 e. The molecular weight excluding hydrogens is 747 g/mol. The van der Waals surface area contributed by atoms with Crippen molar-refractivity contribution in [3.05, 3.63) is 36.0 Å². The van der Waals surface area contributed by atoms with Crippen molar-refractivity contribution >= 4 is 0 Å². The molecule has 0 spiro atoms. The van der Waals surface area contributed by atoms with E-state index >= 15 is 0 Å². The van der Waals surface area contributed by atoms with Gasteiger partial charge >= 0.3 is 0 Å². The van der Waals surface area contributed by atoms with Crippen molar-refractivity contribution in [2.24, 2.45) is 46.3 Å². The van der Waals surface area contributed by atoms with E-state index in [1.165, 1.54) is 167 Å². The first kappa shape index (κ1) is 52.7. The summed E-state index contributed by atoms with van der Waals surface area (Å²) in [7, 11) is 4.30. The molecule has 0 aliphatic heterocycles. The van der Waals surface area contributed by atoms with Gasteiger partial charge in [0.05, 0.1) is 25.4 Å². The summed E-state index contributed by atoms with van der Waals surface area (Å²) >= 11 is 0. The minimum Gasteiger partial charge on any atom is -0.380 e. The van der Waals surface area contributed by atoms with Crippen LogP contribution in [0.25, 0.3) is 0 Å². The first-order chi connectivity index (χ1) is 29.6. The Morgan fingerprint density at radius 3 is 1.93 bits per heavy atom. The van der Waals surface area contributed by atoms with Gasteiger partial charge in [-0.15, -0.1) is 0 Å². The second kappa shape index (κ2) is 29.6. The Balaban J connectivity index is 0.968. The zero-order valence-corrected chi connectivity index (χ0v) is 42.0. The fraction of sp³-hybridized carbons (Fsp3) is 0.895. The monoisotopic (exact) mass is 850 g/mol. The molecule has 0 N–H and O–H groups in total. The maximum atomic E-state index is 6.59. The highest BCUT2D eigenvalue weighted by molar-refractivity contribution is 5.25. The molecule has 0 aromatic heterocycles. The molecule has 0 heterocycles. The predicted octanol–water partition coefficient (Wildman–Crippen LogP) is 16.1. The van der Waals surface area contributed by atoms with Gasteiger partial charge in [0.25, 0.3) is 0 Å². The van der Waals surface area contributed by atoms with E-state index in [0.29, 0.717) is 23.0 Å². The average molecular weight is 850 g/mol. The van der Waals surface area contributed by atoms with Crippen LogP contribution in [-0.4, -0.2) is 64.2 Å². The van der Waals surface area contributed by atoms with Crippen molar-refractivity contribution in [3.8, 4) is 0 Å². The molecule has 61 heavy (non-hydrogen) atoms. The van der Waals surface area contributed by atoms with Crippen LogP contribution >= 0.6 is 0 Å². The lowest BCUT2D eigenvalue weighted by Gasteiger charge is -2.58. The number of nitrogens with zero attached hydrogens (tertiary/aromatic N) is 1. The average Bonchev–Trinajstić information content (AvgIpc) is 3.60. The van der Waals surface area contributed by atoms with Crippen LogP contribution in [0.3, 0.4) is 0 Å². The minimum atomic E-state index is 0.335.